The SMILES string of the molecule is C1CC1.CCC(=O)O.CCCN.O=C([O-])CN1CC1. The monoisotopic (exact) mass is 275 g/mol. The Hall–Kier alpha value is -1.14. The number of hydrogen-bond donors (Lipinski definition) is 2. The van der Waals surface area contributed by atoms with Crippen LogP contribution in [-0.4, -0.2) is 48.1 Å². The van der Waals surface area contributed by atoms with Gasteiger partial charge in [0.15, 0.2) is 0 Å². The maximum absolute atomic E-state index is 9.70. The summed E-state index contributed by atoms with van der Waals surface area (Å²) in [5.41, 5.74) is 5.03. The van der Waals surface area contributed by atoms with E-state index in [1.165, 1.54) is 19.3 Å². The molecule has 0 atom stereocenters. The van der Waals surface area contributed by atoms with E-state index >= 15 is 0 Å². The van der Waals surface area contributed by atoms with Gasteiger partial charge >= 0.3 is 5.97 Å². The highest BCUT2D eigenvalue weighted by Crippen LogP contribution is 2.14. The van der Waals surface area contributed by atoms with Crippen molar-refractivity contribution in [1.29, 1.82) is 0 Å². The van der Waals surface area contributed by atoms with Gasteiger partial charge in [0, 0.05) is 26.1 Å². The van der Waals surface area contributed by atoms with Gasteiger partial charge in [0.05, 0.1) is 5.97 Å². The van der Waals surface area contributed by atoms with Crippen molar-refractivity contribution >= 4 is 11.9 Å². The molecule has 1 saturated carbocycles. The highest BCUT2D eigenvalue weighted by atomic mass is 16.4. The van der Waals surface area contributed by atoms with Crippen molar-refractivity contribution in [1.82, 2.24) is 4.90 Å². The molecule has 0 aromatic carbocycles. The van der Waals surface area contributed by atoms with Crippen LogP contribution in [0.1, 0.15) is 46.0 Å². The Morgan fingerprint density at radius 3 is 1.63 bits per heavy atom. The molecule has 1 heterocycles. The highest BCUT2D eigenvalue weighted by Gasteiger charge is 2.15. The van der Waals surface area contributed by atoms with Crippen LogP contribution in [0.3, 0.4) is 0 Å². The summed E-state index contributed by atoms with van der Waals surface area (Å²) < 4.78 is 0. The van der Waals surface area contributed by atoms with Gasteiger partial charge in [-0.15, -0.1) is 0 Å². The first-order valence-electron chi connectivity index (χ1n) is 6.81. The molecule has 1 aliphatic carbocycles. The molecule has 6 nitrogen and oxygen atoms in total. The summed E-state index contributed by atoms with van der Waals surface area (Å²) in [7, 11) is 0. The van der Waals surface area contributed by atoms with E-state index in [2.05, 4.69) is 6.92 Å². The molecule has 0 bridgehead atoms. The number of nitrogens with two attached hydrogens (primary N) is 1. The second-order valence-corrected chi connectivity index (χ2v) is 4.24. The molecule has 2 aliphatic rings. The van der Waals surface area contributed by atoms with E-state index in [0.717, 1.165) is 26.1 Å². The Morgan fingerprint density at radius 2 is 1.58 bits per heavy atom. The van der Waals surface area contributed by atoms with Gasteiger partial charge in [-0.2, -0.15) is 0 Å². The van der Waals surface area contributed by atoms with Gasteiger partial charge in [-0.3, -0.25) is 9.69 Å². The van der Waals surface area contributed by atoms with Gasteiger partial charge in [0.1, 0.15) is 0 Å². The van der Waals surface area contributed by atoms with Crippen LogP contribution >= 0.6 is 0 Å². The predicted octanol–water partition coefficient (Wildman–Crippen LogP) is 0.0583. The molecule has 1 saturated heterocycles. The molecule has 0 radical (unpaired) electrons. The van der Waals surface area contributed by atoms with Crippen LogP contribution in [0, 0.1) is 0 Å². The molecule has 0 amide bonds. The number of aliphatic carboxylic acids is 2. The van der Waals surface area contributed by atoms with Crippen molar-refractivity contribution in [3.63, 3.8) is 0 Å². The number of carboxylic acid groups (broad SMARTS) is 2. The molecule has 0 aromatic rings. The van der Waals surface area contributed by atoms with Crippen LogP contribution in [0.5, 0.6) is 0 Å². The summed E-state index contributed by atoms with van der Waals surface area (Å²) in [6.45, 7) is 6.43. The molecular weight excluding hydrogens is 248 g/mol. The quantitative estimate of drug-likeness (QED) is 0.703. The predicted molar refractivity (Wildman–Crippen MR) is 72.6 cm³/mol. The zero-order valence-electron chi connectivity index (χ0n) is 12.1. The van der Waals surface area contributed by atoms with Crippen molar-refractivity contribution < 1.29 is 19.8 Å². The van der Waals surface area contributed by atoms with Gasteiger partial charge in [0.25, 0.3) is 0 Å². The largest absolute Gasteiger partial charge is 0.549 e. The van der Waals surface area contributed by atoms with Crippen LogP contribution in [0.25, 0.3) is 0 Å². The van der Waals surface area contributed by atoms with E-state index < -0.39 is 11.9 Å². The summed E-state index contributed by atoms with van der Waals surface area (Å²) in [5, 5.41) is 17.4. The van der Waals surface area contributed by atoms with E-state index in [-0.39, 0.29) is 13.0 Å². The minimum absolute atomic E-state index is 0.111. The molecule has 2 rings (SSSR count). The Bertz CT molecular complexity index is 224. The van der Waals surface area contributed by atoms with Gasteiger partial charge in [-0.05, 0) is 13.0 Å². The molecule has 6 heteroatoms. The first kappa shape index (κ1) is 20.2. The lowest BCUT2D eigenvalue weighted by molar-refractivity contribution is -0.305. The molecule has 0 unspecified atom stereocenters. The van der Waals surface area contributed by atoms with Crippen molar-refractivity contribution in [2.75, 3.05) is 26.2 Å². The average Bonchev–Trinajstić information content (AvgIpc) is 3.19. The van der Waals surface area contributed by atoms with Crippen molar-refractivity contribution in [3.8, 4) is 0 Å². The lowest BCUT2D eigenvalue weighted by Gasteiger charge is -1.97. The van der Waals surface area contributed by atoms with Crippen LogP contribution in [0.4, 0.5) is 0 Å². The molecule has 0 spiro atoms. The van der Waals surface area contributed by atoms with E-state index in [9.17, 15) is 14.7 Å². The van der Waals surface area contributed by atoms with Crippen LogP contribution in [-0.2, 0) is 9.59 Å². The molecule has 2 fully saturated rings. The molecule has 114 valence electrons. The third-order valence-electron chi connectivity index (χ3n) is 1.84. The first-order valence-corrected chi connectivity index (χ1v) is 6.81. The average molecular weight is 275 g/mol. The Labute approximate surface area is 115 Å². The van der Waals surface area contributed by atoms with Crippen LogP contribution < -0.4 is 10.8 Å². The van der Waals surface area contributed by atoms with Crippen LogP contribution in [0.2, 0.25) is 0 Å². The zero-order valence-corrected chi connectivity index (χ0v) is 12.1. The van der Waals surface area contributed by atoms with E-state index in [0.29, 0.717) is 0 Å². The zero-order chi connectivity index (χ0) is 15.1. The summed E-state index contributed by atoms with van der Waals surface area (Å²) in [6.07, 6.45) is 5.82. The van der Waals surface area contributed by atoms with Gasteiger partial charge in [0.2, 0.25) is 0 Å². The third kappa shape index (κ3) is 38.3. The number of carbonyl (C=O) groups is 2. The fourth-order valence-electron chi connectivity index (χ4n) is 0.411. The van der Waals surface area contributed by atoms with Gasteiger partial charge in [-0.25, -0.2) is 0 Å². The number of carbonyl (C=O) groups excluding carboxylic acids is 1. The lowest BCUT2D eigenvalue weighted by Crippen LogP contribution is -2.29. The van der Waals surface area contributed by atoms with E-state index in [1.54, 1.807) is 11.8 Å². The minimum Gasteiger partial charge on any atom is -0.549 e. The fourth-order valence-corrected chi connectivity index (χ4v) is 0.411. The number of carboxylic acids is 2. The standard InChI is InChI=1S/C4H7NO2.C3H9N.C3H6O2.C3H6/c6-4(7)3-5-1-2-5;1-2-3-4;1-2-3(4)5;1-2-3-1/h1-3H2,(H,6,7);2-4H2,1H3;2H2,1H3,(H,4,5);1-3H2/p-1. The molecule has 1 aliphatic heterocycles. The topological polar surface area (TPSA) is 106 Å². The summed E-state index contributed by atoms with van der Waals surface area (Å²) >= 11 is 0. The Balaban J connectivity index is 0. The van der Waals surface area contributed by atoms with E-state index in [1.807, 2.05) is 0 Å². The van der Waals surface area contributed by atoms with Gasteiger partial charge < -0.3 is 20.7 Å². The normalized spacial score (nSPS) is 14.5. The number of rotatable bonds is 4. The number of hydrogen-bond acceptors (Lipinski definition) is 5. The third-order valence-corrected chi connectivity index (χ3v) is 1.84. The second kappa shape index (κ2) is 14.9. The lowest BCUT2D eigenvalue weighted by atomic mass is 10.5. The summed E-state index contributed by atoms with van der Waals surface area (Å²) in [4.78, 5) is 20.9. The minimum atomic E-state index is -0.975. The first-order chi connectivity index (χ1) is 8.97. The smallest absolute Gasteiger partial charge is 0.303 e. The fraction of sp³-hybridized carbons (Fsp3) is 0.846. The summed E-state index contributed by atoms with van der Waals surface area (Å²) in [6, 6.07) is 0. The highest BCUT2D eigenvalue weighted by molar-refractivity contribution is 5.67. The Kier molecular flexibility index (Phi) is 15.8. The number of nitrogens with zero attached hydrogens (tertiary/aromatic N) is 1. The molecule has 0 aromatic heterocycles. The molecule has 3 N–H and O–H groups in total. The van der Waals surface area contributed by atoms with E-state index in [4.69, 9.17) is 10.8 Å². The Morgan fingerprint density at radius 1 is 1.21 bits per heavy atom. The van der Waals surface area contributed by atoms with Crippen LogP contribution in [0.15, 0.2) is 0 Å². The van der Waals surface area contributed by atoms with Crippen molar-refractivity contribution in [2.24, 2.45) is 5.73 Å². The van der Waals surface area contributed by atoms with Crippen molar-refractivity contribution in [2.45, 2.75) is 46.0 Å². The maximum atomic E-state index is 9.70. The van der Waals surface area contributed by atoms with Crippen molar-refractivity contribution in [3.05, 3.63) is 0 Å². The molecular formula is C13H27N2O4-. The molecule has 19 heavy (non-hydrogen) atoms. The maximum Gasteiger partial charge on any atom is 0.303 e. The second-order valence-electron chi connectivity index (χ2n) is 4.24. The summed E-state index contributed by atoms with van der Waals surface area (Å²) in [5.74, 6) is -1.72. The van der Waals surface area contributed by atoms with Gasteiger partial charge in [-0.1, -0.05) is 33.1 Å².